The molecule has 6 aromatic rings. The van der Waals surface area contributed by atoms with Crippen molar-refractivity contribution in [2.45, 2.75) is 6.92 Å². The van der Waals surface area contributed by atoms with Gasteiger partial charge in [-0.1, -0.05) is 29.8 Å². The average molecular weight is 548 g/mol. The third-order valence-corrected chi connectivity index (χ3v) is 7.17. The first-order chi connectivity index (χ1) is 19.5. The van der Waals surface area contributed by atoms with Gasteiger partial charge < -0.3 is 13.9 Å². The van der Waals surface area contributed by atoms with Crippen molar-refractivity contribution in [3.63, 3.8) is 0 Å². The summed E-state index contributed by atoms with van der Waals surface area (Å²) in [5.74, 6) is 1.93. The van der Waals surface area contributed by atoms with Crippen molar-refractivity contribution in [2.75, 3.05) is 14.2 Å². The summed E-state index contributed by atoms with van der Waals surface area (Å²) in [5.41, 5.74) is 4.82. The van der Waals surface area contributed by atoms with Crippen LogP contribution in [0.1, 0.15) is 5.56 Å². The van der Waals surface area contributed by atoms with Gasteiger partial charge in [0.15, 0.2) is 10.4 Å². The van der Waals surface area contributed by atoms with Gasteiger partial charge in [0.1, 0.15) is 17.3 Å². The number of methoxy groups -OCH3 is 2. The topological polar surface area (TPSA) is 71.4 Å². The lowest BCUT2D eigenvalue weighted by molar-refractivity contribution is 0.414. The van der Waals surface area contributed by atoms with E-state index < -0.39 is 0 Å². The van der Waals surface area contributed by atoms with Crippen molar-refractivity contribution in [3.05, 3.63) is 118 Å². The van der Waals surface area contributed by atoms with Gasteiger partial charge in [-0.3, -0.25) is 13.9 Å². The van der Waals surface area contributed by atoms with Gasteiger partial charge in [0.2, 0.25) is 0 Å². The van der Waals surface area contributed by atoms with Crippen LogP contribution in [0, 0.1) is 11.7 Å². The number of ether oxygens (including phenoxy) is 2. The first-order valence-electron chi connectivity index (χ1n) is 12.6. The number of pyridine rings is 1. The molecule has 0 saturated carbocycles. The van der Waals surface area contributed by atoms with Gasteiger partial charge in [-0.2, -0.15) is 0 Å². The molecule has 0 aliphatic rings. The largest absolute Gasteiger partial charge is 0.497 e. The molecule has 8 heteroatoms. The summed E-state index contributed by atoms with van der Waals surface area (Å²) in [7, 11) is 3.21. The molecular weight excluding hydrogens is 522 g/mol. The predicted octanol–water partition coefficient (Wildman–Crippen LogP) is 7.16. The van der Waals surface area contributed by atoms with Crippen LogP contribution in [0.25, 0.3) is 45.0 Å². The minimum absolute atomic E-state index is 0.270. The molecule has 40 heavy (non-hydrogen) atoms. The maximum Gasteiger partial charge on any atom is 0.269 e. The minimum atomic E-state index is -0.302. The molecular formula is C32H25N3O4S. The summed E-state index contributed by atoms with van der Waals surface area (Å²) in [6.07, 6.45) is 1.59. The van der Waals surface area contributed by atoms with Gasteiger partial charge in [0, 0.05) is 11.1 Å². The zero-order chi connectivity index (χ0) is 27.8. The first-order valence-corrected chi connectivity index (χ1v) is 13.0. The molecule has 0 bridgehead atoms. The Morgan fingerprint density at radius 2 is 1.40 bits per heavy atom. The standard InChI is InChI=1S/C32H25N3O4S/c1-20-6-8-21(9-7-20)27-19-26(28-5-4-18-39-28)29-30(33-27)34(22-10-14-24(37-2)15-11-22)32(40)35(31(29)36)23-12-16-25(38-3)17-13-23/h4-19H,1-3H3. The van der Waals surface area contributed by atoms with Crippen molar-refractivity contribution >= 4 is 23.3 Å². The molecule has 0 fully saturated rings. The Morgan fingerprint density at radius 3 is 1.95 bits per heavy atom. The molecule has 0 spiro atoms. The van der Waals surface area contributed by atoms with E-state index in [-0.39, 0.29) is 10.3 Å². The fourth-order valence-electron chi connectivity index (χ4n) is 4.71. The normalized spacial score (nSPS) is 11.1. The van der Waals surface area contributed by atoms with E-state index in [1.54, 1.807) is 50.8 Å². The Labute approximate surface area is 235 Å². The van der Waals surface area contributed by atoms with Crippen LogP contribution in [0.2, 0.25) is 0 Å². The van der Waals surface area contributed by atoms with Crippen LogP contribution in [0.15, 0.2) is 106 Å². The summed E-state index contributed by atoms with van der Waals surface area (Å²) < 4.78 is 20.1. The smallest absolute Gasteiger partial charge is 0.269 e. The van der Waals surface area contributed by atoms with Crippen LogP contribution in [0.4, 0.5) is 0 Å². The lowest BCUT2D eigenvalue weighted by Crippen LogP contribution is -2.25. The van der Waals surface area contributed by atoms with Gasteiger partial charge in [-0.05, 0) is 85.9 Å². The molecule has 0 unspecified atom stereocenters. The van der Waals surface area contributed by atoms with Crippen molar-refractivity contribution in [3.8, 4) is 45.5 Å². The Kier molecular flexibility index (Phi) is 6.53. The van der Waals surface area contributed by atoms with E-state index in [1.165, 1.54) is 4.57 Å². The molecule has 198 valence electrons. The van der Waals surface area contributed by atoms with Crippen LogP contribution in [0.3, 0.4) is 0 Å². The Morgan fingerprint density at radius 1 is 0.800 bits per heavy atom. The number of benzene rings is 3. The number of aryl methyl sites for hydroxylation is 1. The molecule has 0 aliphatic heterocycles. The Balaban J connectivity index is 1.77. The lowest BCUT2D eigenvalue weighted by atomic mass is 10.0. The van der Waals surface area contributed by atoms with Crippen LogP contribution in [0.5, 0.6) is 11.5 Å². The predicted molar refractivity (Wildman–Crippen MR) is 158 cm³/mol. The molecule has 0 aliphatic carbocycles. The van der Waals surface area contributed by atoms with Crippen molar-refractivity contribution in [1.82, 2.24) is 14.1 Å². The zero-order valence-electron chi connectivity index (χ0n) is 22.1. The Bertz CT molecular complexity index is 1940. The van der Waals surface area contributed by atoms with E-state index >= 15 is 0 Å². The van der Waals surface area contributed by atoms with Gasteiger partial charge in [0.05, 0.1) is 42.9 Å². The number of aromatic nitrogens is 3. The summed E-state index contributed by atoms with van der Waals surface area (Å²) in [5, 5.41) is 0.381. The lowest BCUT2D eigenvalue weighted by Gasteiger charge is -2.18. The monoisotopic (exact) mass is 547 g/mol. The molecule has 3 aromatic carbocycles. The molecule has 7 nitrogen and oxygen atoms in total. The van der Waals surface area contributed by atoms with Crippen molar-refractivity contribution in [1.29, 1.82) is 0 Å². The fourth-order valence-corrected chi connectivity index (χ4v) is 5.10. The maximum atomic E-state index is 14.3. The highest BCUT2D eigenvalue weighted by atomic mass is 32.1. The number of hydrogen-bond donors (Lipinski definition) is 0. The molecule has 0 amide bonds. The molecule has 0 radical (unpaired) electrons. The van der Waals surface area contributed by atoms with Crippen molar-refractivity contribution in [2.24, 2.45) is 0 Å². The number of furan rings is 1. The zero-order valence-corrected chi connectivity index (χ0v) is 22.9. The second kappa shape index (κ2) is 10.3. The van der Waals surface area contributed by atoms with E-state index in [1.807, 2.05) is 72.2 Å². The first kappa shape index (κ1) is 25.3. The Hall–Kier alpha value is -4.95. The third kappa shape index (κ3) is 4.38. The van der Waals surface area contributed by atoms with Crippen LogP contribution < -0.4 is 15.0 Å². The van der Waals surface area contributed by atoms with Gasteiger partial charge in [0.25, 0.3) is 5.56 Å². The molecule has 0 N–H and O–H groups in total. The highest BCUT2D eigenvalue weighted by molar-refractivity contribution is 7.71. The molecule has 0 atom stereocenters. The SMILES string of the molecule is COc1ccc(-n2c(=O)c3c(-c4ccco4)cc(-c4ccc(C)cc4)nc3n(-c3ccc(OC)cc3)c2=S)cc1. The number of rotatable bonds is 6. The summed E-state index contributed by atoms with van der Waals surface area (Å²) in [6, 6.07) is 28.3. The van der Waals surface area contributed by atoms with E-state index in [0.29, 0.717) is 45.2 Å². The second-order valence-corrected chi connectivity index (χ2v) is 9.62. The second-order valence-electron chi connectivity index (χ2n) is 9.25. The fraction of sp³-hybridized carbons (Fsp3) is 0.0938. The summed E-state index contributed by atoms with van der Waals surface area (Å²) in [6.45, 7) is 2.04. The molecule has 3 heterocycles. The number of fused-ring (bicyclic) bond motifs is 1. The summed E-state index contributed by atoms with van der Waals surface area (Å²) in [4.78, 5) is 19.4. The van der Waals surface area contributed by atoms with Crippen LogP contribution in [-0.4, -0.2) is 28.3 Å². The third-order valence-electron chi connectivity index (χ3n) is 6.81. The quantitative estimate of drug-likeness (QED) is 0.206. The van der Waals surface area contributed by atoms with Crippen LogP contribution >= 0.6 is 12.2 Å². The van der Waals surface area contributed by atoms with E-state index in [4.69, 9.17) is 31.1 Å². The highest BCUT2D eigenvalue weighted by Gasteiger charge is 2.22. The van der Waals surface area contributed by atoms with E-state index in [2.05, 4.69) is 0 Å². The molecule has 0 saturated heterocycles. The van der Waals surface area contributed by atoms with Gasteiger partial charge in [-0.25, -0.2) is 4.98 Å². The van der Waals surface area contributed by atoms with E-state index in [9.17, 15) is 4.79 Å². The van der Waals surface area contributed by atoms with Gasteiger partial charge in [-0.15, -0.1) is 0 Å². The maximum absolute atomic E-state index is 14.3. The minimum Gasteiger partial charge on any atom is -0.497 e. The average Bonchev–Trinajstić information content (AvgIpc) is 3.53. The number of hydrogen-bond acceptors (Lipinski definition) is 6. The highest BCUT2D eigenvalue weighted by Crippen LogP contribution is 2.33. The summed E-state index contributed by atoms with van der Waals surface area (Å²) >= 11 is 6.01. The van der Waals surface area contributed by atoms with E-state index in [0.717, 1.165) is 16.8 Å². The van der Waals surface area contributed by atoms with Gasteiger partial charge >= 0.3 is 0 Å². The van der Waals surface area contributed by atoms with Crippen molar-refractivity contribution < 1.29 is 13.9 Å². The molecule has 6 rings (SSSR count). The number of nitrogens with zero attached hydrogens (tertiary/aromatic N) is 3. The molecule has 3 aromatic heterocycles. The van der Waals surface area contributed by atoms with Crippen LogP contribution in [-0.2, 0) is 0 Å².